The van der Waals surface area contributed by atoms with Crippen LogP contribution in [0.4, 0.5) is 5.69 Å². The lowest BCUT2D eigenvalue weighted by atomic mass is 10.1. The highest BCUT2D eigenvalue weighted by Gasteiger charge is 2.25. The second-order valence-electron chi connectivity index (χ2n) is 4.86. The molecule has 1 fully saturated rings. The fraction of sp³-hybridized carbons (Fsp3) is 0.538. The van der Waals surface area contributed by atoms with Crippen molar-refractivity contribution in [1.82, 2.24) is 0 Å². The molecule has 1 N–H and O–H groups in total. The Morgan fingerprint density at radius 2 is 2.26 bits per heavy atom. The Kier molecular flexibility index (Phi) is 4.42. The summed E-state index contributed by atoms with van der Waals surface area (Å²) in [6.07, 6.45) is 2.53. The van der Waals surface area contributed by atoms with E-state index in [0.29, 0.717) is 22.6 Å². The number of aliphatic hydroxyl groups excluding tert-OH is 1. The van der Waals surface area contributed by atoms with Crippen LogP contribution in [0.2, 0.25) is 0 Å². The van der Waals surface area contributed by atoms with Crippen LogP contribution in [0.3, 0.4) is 0 Å². The van der Waals surface area contributed by atoms with E-state index in [2.05, 4.69) is 15.9 Å². The fourth-order valence-electron chi connectivity index (χ4n) is 1.94. The van der Waals surface area contributed by atoms with Crippen molar-refractivity contribution in [3.8, 4) is 5.75 Å². The molecule has 0 radical (unpaired) electrons. The molecule has 0 unspecified atom stereocenters. The molecule has 5 nitrogen and oxygen atoms in total. The van der Waals surface area contributed by atoms with Gasteiger partial charge in [-0.1, -0.05) is 28.8 Å². The number of aliphatic hydroxyl groups is 1. The number of nitrogens with zero attached hydrogens (tertiary/aromatic N) is 1. The van der Waals surface area contributed by atoms with Gasteiger partial charge in [0.1, 0.15) is 0 Å². The number of nitro benzene ring substituents is 1. The van der Waals surface area contributed by atoms with Gasteiger partial charge in [-0.15, -0.1) is 0 Å². The average molecular weight is 330 g/mol. The summed E-state index contributed by atoms with van der Waals surface area (Å²) < 4.78 is 6.13. The number of halogens is 1. The smallest absolute Gasteiger partial charge is 0.312 e. The van der Waals surface area contributed by atoms with Gasteiger partial charge in [0, 0.05) is 16.1 Å². The summed E-state index contributed by atoms with van der Waals surface area (Å²) in [6, 6.07) is 3.06. The number of benzene rings is 1. The zero-order valence-electron chi connectivity index (χ0n) is 10.6. The van der Waals surface area contributed by atoms with Gasteiger partial charge in [0.05, 0.1) is 17.6 Å². The Labute approximate surface area is 119 Å². The first-order valence-electron chi connectivity index (χ1n) is 6.27. The van der Waals surface area contributed by atoms with Crippen LogP contribution in [0.5, 0.6) is 5.75 Å². The molecule has 1 saturated carbocycles. The Morgan fingerprint density at radius 3 is 2.79 bits per heavy atom. The van der Waals surface area contributed by atoms with Crippen LogP contribution in [0.25, 0.3) is 0 Å². The highest BCUT2D eigenvalue weighted by atomic mass is 79.9. The third-order valence-electron chi connectivity index (χ3n) is 3.18. The average Bonchev–Trinajstić information content (AvgIpc) is 3.13. The summed E-state index contributed by atoms with van der Waals surface area (Å²) in [7, 11) is 0. The lowest BCUT2D eigenvalue weighted by molar-refractivity contribution is -0.386. The standard InChI is InChI=1S/C13H16BrNO4/c1-8(16)11-6-10(14)7-12(15(17)18)13(11)19-5-4-9-2-3-9/h6-9,16H,2-5H2,1H3/t8-/m1/s1. The van der Waals surface area contributed by atoms with Gasteiger partial charge in [0.2, 0.25) is 5.75 Å². The molecule has 1 aliphatic rings. The molecule has 1 aliphatic carbocycles. The largest absolute Gasteiger partial charge is 0.487 e. The van der Waals surface area contributed by atoms with E-state index in [1.54, 1.807) is 13.0 Å². The highest BCUT2D eigenvalue weighted by Crippen LogP contribution is 2.39. The van der Waals surface area contributed by atoms with Crippen LogP contribution in [-0.4, -0.2) is 16.6 Å². The summed E-state index contributed by atoms with van der Waals surface area (Å²) in [5.41, 5.74) is 0.331. The van der Waals surface area contributed by atoms with Crippen LogP contribution in [0.1, 0.15) is 37.9 Å². The van der Waals surface area contributed by atoms with Crippen molar-refractivity contribution < 1.29 is 14.8 Å². The van der Waals surface area contributed by atoms with E-state index in [1.807, 2.05) is 0 Å². The predicted molar refractivity (Wildman–Crippen MR) is 74.3 cm³/mol. The first kappa shape index (κ1) is 14.3. The molecule has 104 valence electrons. The van der Waals surface area contributed by atoms with E-state index in [9.17, 15) is 15.2 Å². The summed E-state index contributed by atoms with van der Waals surface area (Å²) in [6.45, 7) is 2.02. The zero-order valence-corrected chi connectivity index (χ0v) is 12.2. The Bertz CT molecular complexity index is 486. The normalized spacial score (nSPS) is 16.2. The second kappa shape index (κ2) is 5.88. The quantitative estimate of drug-likeness (QED) is 0.639. The van der Waals surface area contributed by atoms with Crippen molar-refractivity contribution in [2.75, 3.05) is 6.61 Å². The van der Waals surface area contributed by atoms with E-state index in [4.69, 9.17) is 4.74 Å². The van der Waals surface area contributed by atoms with Crippen LogP contribution >= 0.6 is 15.9 Å². The molecule has 0 amide bonds. The Morgan fingerprint density at radius 1 is 1.58 bits per heavy atom. The molecule has 0 bridgehead atoms. The molecule has 19 heavy (non-hydrogen) atoms. The molecule has 6 heteroatoms. The summed E-state index contributed by atoms with van der Waals surface area (Å²) in [5, 5.41) is 20.8. The SMILES string of the molecule is C[C@@H](O)c1cc(Br)cc([N+](=O)[O-])c1OCCC1CC1. The highest BCUT2D eigenvalue weighted by molar-refractivity contribution is 9.10. The van der Waals surface area contributed by atoms with Gasteiger partial charge >= 0.3 is 5.69 Å². The molecule has 0 spiro atoms. The number of nitro groups is 1. The molecule has 0 aromatic heterocycles. The van der Waals surface area contributed by atoms with E-state index in [1.165, 1.54) is 18.9 Å². The number of ether oxygens (including phenoxy) is 1. The van der Waals surface area contributed by atoms with Crippen molar-refractivity contribution in [2.45, 2.75) is 32.3 Å². The topological polar surface area (TPSA) is 72.6 Å². The first-order valence-corrected chi connectivity index (χ1v) is 7.07. The molecular formula is C13H16BrNO4. The third kappa shape index (κ3) is 3.67. The van der Waals surface area contributed by atoms with Crippen molar-refractivity contribution in [3.05, 3.63) is 32.3 Å². The Balaban J connectivity index is 2.26. The maximum Gasteiger partial charge on any atom is 0.312 e. The van der Waals surface area contributed by atoms with E-state index < -0.39 is 11.0 Å². The number of rotatable bonds is 6. The van der Waals surface area contributed by atoms with Gasteiger partial charge in [0.15, 0.2) is 0 Å². The van der Waals surface area contributed by atoms with Crippen LogP contribution in [0.15, 0.2) is 16.6 Å². The lowest BCUT2D eigenvalue weighted by Crippen LogP contribution is -2.06. The third-order valence-corrected chi connectivity index (χ3v) is 3.64. The minimum Gasteiger partial charge on any atom is -0.487 e. The van der Waals surface area contributed by atoms with E-state index in [0.717, 1.165) is 6.42 Å². The minimum atomic E-state index is -0.813. The number of hydrogen-bond acceptors (Lipinski definition) is 4. The van der Waals surface area contributed by atoms with Crippen LogP contribution < -0.4 is 4.74 Å². The summed E-state index contributed by atoms with van der Waals surface area (Å²) in [4.78, 5) is 10.6. The molecule has 2 rings (SSSR count). The molecule has 1 aromatic carbocycles. The second-order valence-corrected chi connectivity index (χ2v) is 5.77. The van der Waals surface area contributed by atoms with Gasteiger partial charge in [-0.25, -0.2) is 0 Å². The summed E-state index contributed by atoms with van der Waals surface area (Å²) >= 11 is 3.21. The molecule has 0 aliphatic heterocycles. The lowest BCUT2D eigenvalue weighted by Gasteiger charge is -2.14. The van der Waals surface area contributed by atoms with Crippen LogP contribution in [-0.2, 0) is 0 Å². The van der Waals surface area contributed by atoms with Crippen molar-refractivity contribution in [1.29, 1.82) is 0 Å². The molecular weight excluding hydrogens is 314 g/mol. The van der Waals surface area contributed by atoms with Crippen molar-refractivity contribution in [2.24, 2.45) is 5.92 Å². The maximum atomic E-state index is 11.1. The maximum absolute atomic E-state index is 11.1. The monoisotopic (exact) mass is 329 g/mol. The van der Waals surface area contributed by atoms with Gasteiger partial charge in [-0.2, -0.15) is 0 Å². The minimum absolute atomic E-state index is 0.110. The van der Waals surface area contributed by atoms with E-state index in [-0.39, 0.29) is 11.4 Å². The predicted octanol–water partition coefficient (Wildman–Crippen LogP) is 3.59. The van der Waals surface area contributed by atoms with Crippen molar-refractivity contribution in [3.63, 3.8) is 0 Å². The van der Waals surface area contributed by atoms with E-state index >= 15 is 0 Å². The van der Waals surface area contributed by atoms with Crippen LogP contribution in [0, 0.1) is 16.0 Å². The zero-order chi connectivity index (χ0) is 14.0. The molecule has 0 saturated heterocycles. The van der Waals surface area contributed by atoms with Gasteiger partial charge in [-0.3, -0.25) is 10.1 Å². The fourth-order valence-corrected chi connectivity index (χ4v) is 2.40. The van der Waals surface area contributed by atoms with Crippen molar-refractivity contribution >= 4 is 21.6 Å². The molecule has 1 aromatic rings. The number of hydrogen-bond donors (Lipinski definition) is 1. The summed E-state index contributed by atoms with van der Waals surface area (Å²) in [5.74, 6) is 0.883. The van der Waals surface area contributed by atoms with Gasteiger partial charge < -0.3 is 9.84 Å². The molecule has 0 heterocycles. The Hall–Kier alpha value is -1.14. The van der Waals surface area contributed by atoms with Gasteiger partial charge in [-0.05, 0) is 25.3 Å². The van der Waals surface area contributed by atoms with Gasteiger partial charge in [0.25, 0.3) is 0 Å². The first-order chi connectivity index (χ1) is 8.99. The molecule has 1 atom stereocenters.